The first-order chi connectivity index (χ1) is 6.45. The van der Waals surface area contributed by atoms with E-state index < -0.39 is 6.30 Å². The lowest BCUT2D eigenvalue weighted by Gasteiger charge is -2.38. The largest absolute Gasteiger partial charge is 0.460 e. The van der Waals surface area contributed by atoms with Gasteiger partial charge in [0.2, 0.25) is 0 Å². The molecule has 1 heterocycles. The third-order valence-electron chi connectivity index (χ3n) is 2.89. The third-order valence-corrected chi connectivity index (χ3v) is 2.89. The zero-order chi connectivity index (χ0) is 10.8. The van der Waals surface area contributed by atoms with E-state index >= 15 is 0 Å². The van der Waals surface area contributed by atoms with Crippen molar-refractivity contribution in [3.05, 3.63) is 0 Å². The molecule has 0 N–H and O–H groups in total. The number of hydrogen-bond acceptors (Lipinski definition) is 2. The van der Waals surface area contributed by atoms with E-state index in [1.54, 1.807) is 0 Å². The predicted molar refractivity (Wildman–Crippen MR) is 49.0 cm³/mol. The van der Waals surface area contributed by atoms with E-state index in [-0.39, 0.29) is 13.1 Å². The first kappa shape index (κ1) is 11.8. The summed E-state index contributed by atoms with van der Waals surface area (Å²) in [4.78, 5) is 2.70. The van der Waals surface area contributed by atoms with E-state index in [2.05, 4.69) is 18.7 Å². The van der Waals surface area contributed by atoms with Crippen molar-refractivity contribution in [2.45, 2.75) is 32.6 Å². The summed E-state index contributed by atoms with van der Waals surface area (Å²) in [5.74, 6) is 0. The van der Waals surface area contributed by atoms with Crippen molar-refractivity contribution in [1.82, 2.24) is 9.80 Å². The molecule has 1 rings (SSSR count). The zero-order valence-electron chi connectivity index (χ0n) is 8.64. The molecule has 1 aliphatic rings. The molecule has 5 heteroatoms. The van der Waals surface area contributed by atoms with Gasteiger partial charge in [-0.2, -0.15) is 13.2 Å². The van der Waals surface area contributed by atoms with Crippen LogP contribution in [0.25, 0.3) is 0 Å². The summed E-state index contributed by atoms with van der Waals surface area (Å²) in [5, 5.41) is 0. The van der Waals surface area contributed by atoms with Crippen molar-refractivity contribution >= 4 is 0 Å². The van der Waals surface area contributed by atoms with Crippen molar-refractivity contribution in [3.63, 3.8) is 0 Å². The summed E-state index contributed by atoms with van der Waals surface area (Å²) in [6.45, 7) is 5.37. The molecule has 0 aromatic heterocycles. The van der Waals surface area contributed by atoms with Crippen LogP contribution >= 0.6 is 0 Å². The van der Waals surface area contributed by atoms with E-state index in [1.807, 2.05) is 0 Å². The quantitative estimate of drug-likeness (QED) is 0.642. The summed E-state index contributed by atoms with van der Waals surface area (Å²) < 4.78 is 36.8. The summed E-state index contributed by atoms with van der Waals surface area (Å²) in [6.07, 6.45) is -3.16. The Balaban J connectivity index is 2.39. The standard InChI is InChI=1S/C9H17F3N2/c1-3-8(2)13-4-6-14(7-5-13)9(10,11)12/h8H,3-7H2,1-2H3. The van der Waals surface area contributed by atoms with Crippen LogP contribution in [0.2, 0.25) is 0 Å². The molecule has 0 radical (unpaired) electrons. The first-order valence-corrected chi connectivity index (χ1v) is 5.01. The van der Waals surface area contributed by atoms with Crippen LogP contribution in [0.5, 0.6) is 0 Å². The van der Waals surface area contributed by atoms with Gasteiger partial charge >= 0.3 is 6.30 Å². The number of alkyl halides is 3. The fraction of sp³-hybridized carbons (Fsp3) is 1.00. The topological polar surface area (TPSA) is 6.48 Å². The average molecular weight is 210 g/mol. The van der Waals surface area contributed by atoms with Gasteiger partial charge < -0.3 is 0 Å². The summed E-state index contributed by atoms with van der Waals surface area (Å²) in [6, 6.07) is 0.394. The van der Waals surface area contributed by atoms with Gasteiger partial charge in [-0.3, -0.25) is 4.90 Å². The van der Waals surface area contributed by atoms with Crippen LogP contribution in [0, 0.1) is 0 Å². The highest BCUT2D eigenvalue weighted by Gasteiger charge is 2.39. The van der Waals surface area contributed by atoms with E-state index in [4.69, 9.17) is 0 Å². The smallest absolute Gasteiger partial charge is 0.298 e. The second kappa shape index (κ2) is 4.49. The maximum atomic E-state index is 12.3. The van der Waals surface area contributed by atoms with Crippen molar-refractivity contribution in [2.24, 2.45) is 0 Å². The van der Waals surface area contributed by atoms with Gasteiger partial charge in [0.1, 0.15) is 0 Å². The average Bonchev–Trinajstić information content (AvgIpc) is 2.15. The number of halogens is 3. The van der Waals surface area contributed by atoms with E-state index in [1.165, 1.54) is 0 Å². The monoisotopic (exact) mass is 210 g/mol. The lowest BCUT2D eigenvalue weighted by molar-refractivity contribution is -0.253. The zero-order valence-corrected chi connectivity index (χ0v) is 8.64. The number of piperazine rings is 1. The predicted octanol–water partition coefficient (Wildman–Crippen LogP) is 1.92. The molecule has 2 nitrogen and oxygen atoms in total. The van der Waals surface area contributed by atoms with Crippen LogP contribution in [-0.4, -0.2) is 48.3 Å². The summed E-state index contributed by atoms with van der Waals surface area (Å²) >= 11 is 0. The number of hydrogen-bond donors (Lipinski definition) is 0. The Morgan fingerprint density at radius 3 is 2.00 bits per heavy atom. The van der Waals surface area contributed by atoms with Gasteiger partial charge in [-0.1, -0.05) is 6.92 Å². The Morgan fingerprint density at radius 2 is 1.64 bits per heavy atom. The van der Waals surface area contributed by atoms with Gasteiger partial charge in [-0.05, 0) is 13.3 Å². The molecular formula is C9H17F3N2. The number of rotatable bonds is 2. The molecular weight excluding hydrogens is 193 g/mol. The van der Waals surface area contributed by atoms with Crippen molar-refractivity contribution in [2.75, 3.05) is 26.2 Å². The molecule has 1 fully saturated rings. The van der Waals surface area contributed by atoms with Gasteiger partial charge in [0.05, 0.1) is 0 Å². The third kappa shape index (κ3) is 2.85. The molecule has 0 aromatic carbocycles. The molecule has 0 saturated carbocycles. The summed E-state index contributed by atoms with van der Waals surface area (Å²) in [7, 11) is 0. The molecule has 1 atom stereocenters. The normalized spacial score (nSPS) is 23.8. The molecule has 1 aliphatic heterocycles. The van der Waals surface area contributed by atoms with Crippen LogP contribution in [0.4, 0.5) is 13.2 Å². The van der Waals surface area contributed by atoms with Crippen LogP contribution in [0.15, 0.2) is 0 Å². The molecule has 0 aromatic rings. The van der Waals surface area contributed by atoms with Crippen LogP contribution in [0.1, 0.15) is 20.3 Å². The maximum Gasteiger partial charge on any atom is 0.460 e. The fourth-order valence-electron chi connectivity index (χ4n) is 1.67. The summed E-state index contributed by atoms with van der Waals surface area (Å²) in [5.41, 5.74) is 0. The van der Waals surface area contributed by atoms with Crippen LogP contribution in [-0.2, 0) is 0 Å². The SMILES string of the molecule is CCC(C)N1CCN(C(F)(F)F)CC1. The van der Waals surface area contributed by atoms with Gasteiger partial charge in [-0.15, -0.1) is 0 Å². The molecule has 0 bridgehead atoms. The van der Waals surface area contributed by atoms with Crippen molar-refractivity contribution < 1.29 is 13.2 Å². The Labute approximate surface area is 82.7 Å². The molecule has 0 amide bonds. The highest BCUT2D eigenvalue weighted by atomic mass is 19.4. The molecule has 0 aliphatic carbocycles. The van der Waals surface area contributed by atoms with Crippen molar-refractivity contribution in [1.29, 1.82) is 0 Å². The van der Waals surface area contributed by atoms with Crippen LogP contribution in [0.3, 0.4) is 0 Å². The van der Waals surface area contributed by atoms with Crippen LogP contribution < -0.4 is 0 Å². The fourth-order valence-corrected chi connectivity index (χ4v) is 1.67. The highest BCUT2D eigenvalue weighted by Crippen LogP contribution is 2.23. The highest BCUT2D eigenvalue weighted by molar-refractivity contribution is 4.76. The van der Waals surface area contributed by atoms with E-state index in [9.17, 15) is 13.2 Å². The minimum absolute atomic E-state index is 0.105. The molecule has 14 heavy (non-hydrogen) atoms. The maximum absolute atomic E-state index is 12.3. The molecule has 1 saturated heterocycles. The second-order valence-electron chi connectivity index (χ2n) is 3.75. The molecule has 0 spiro atoms. The van der Waals surface area contributed by atoms with Crippen molar-refractivity contribution in [3.8, 4) is 0 Å². The van der Waals surface area contributed by atoms with Gasteiger partial charge in [0, 0.05) is 32.2 Å². The Hall–Kier alpha value is -0.290. The first-order valence-electron chi connectivity index (χ1n) is 5.01. The lowest BCUT2D eigenvalue weighted by atomic mass is 10.2. The minimum Gasteiger partial charge on any atom is -0.298 e. The van der Waals surface area contributed by atoms with E-state index in [0.717, 1.165) is 6.42 Å². The molecule has 1 unspecified atom stereocenters. The minimum atomic E-state index is -4.15. The Bertz CT molecular complexity index is 173. The van der Waals surface area contributed by atoms with Gasteiger partial charge in [0.25, 0.3) is 0 Å². The van der Waals surface area contributed by atoms with Gasteiger partial charge in [0.15, 0.2) is 0 Å². The molecule has 84 valence electrons. The Kier molecular flexibility index (Phi) is 3.78. The van der Waals surface area contributed by atoms with Gasteiger partial charge in [-0.25, -0.2) is 4.90 Å². The lowest BCUT2D eigenvalue weighted by Crippen LogP contribution is -2.53. The second-order valence-corrected chi connectivity index (χ2v) is 3.75. The number of nitrogens with zero attached hydrogens (tertiary/aromatic N) is 2. The Morgan fingerprint density at radius 1 is 1.14 bits per heavy atom. The van der Waals surface area contributed by atoms with E-state index in [0.29, 0.717) is 24.0 Å².